The summed E-state index contributed by atoms with van der Waals surface area (Å²) in [6.45, 7) is 3.02. The third-order valence-electron chi connectivity index (χ3n) is 5.67. The van der Waals surface area contributed by atoms with Crippen LogP contribution in [0.1, 0.15) is 36.0 Å². The van der Waals surface area contributed by atoms with E-state index in [1.54, 1.807) is 5.56 Å². The summed E-state index contributed by atoms with van der Waals surface area (Å²) in [6, 6.07) is 6.92. The van der Waals surface area contributed by atoms with Crippen molar-refractivity contribution in [2.24, 2.45) is 5.92 Å². The molecule has 1 saturated heterocycles. The molecule has 1 heterocycles. The van der Waals surface area contributed by atoms with Gasteiger partial charge < -0.3 is 10.3 Å². The van der Waals surface area contributed by atoms with E-state index < -0.39 is 0 Å². The molecule has 1 aromatic rings. The first kappa shape index (κ1) is 11.7. The van der Waals surface area contributed by atoms with Crippen molar-refractivity contribution in [1.82, 2.24) is 0 Å². The summed E-state index contributed by atoms with van der Waals surface area (Å²) in [7, 11) is 0. The number of aryl methyl sites for hydroxylation is 1. The normalized spacial score (nSPS) is 39.6. The second-order valence-corrected chi connectivity index (χ2v) is 6.51. The maximum atomic E-state index is 12.3. The summed E-state index contributed by atoms with van der Waals surface area (Å²) in [4.78, 5) is 0. The van der Waals surface area contributed by atoms with Gasteiger partial charge in [0.15, 0.2) is 0 Å². The number of hydrogen-bond donors (Lipinski definition) is 1. The van der Waals surface area contributed by atoms with Crippen molar-refractivity contribution < 1.29 is 5.06 Å². The van der Waals surface area contributed by atoms with Crippen LogP contribution >= 0.6 is 0 Å². The minimum absolute atomic E-state index is 0.176. The summed E-state index contributed by atoms with van der Waals surface area (Å²) in [6.07, 6.45) is 9.16. The first-order valence-corrected chi connectivity index (χ1v) is 7.52. The number of rotatable bonds is 0. The first-order valence-electron chi connectivity index (χ1n) is 7.52. The molecule has 1 aromatic carbocycles. The van der Waals surface area contributed by atoms with E-state index in [0.717, 1.165) is 25.8 Å². The van der Waals surface area contributed by atoms with Crippen LogP contribution in [-0.4, -0.2) is 12.6 Å². The third kappa shape index (κ3) is 1.44. The Bertz CT molecular complexity index is 550. The van der Waals surface area contributed by atoms with Crippen LogP contribution in [0, 0.1) is 18.0 Å². The molecule has 1 unspecified atom stereocenters. The molecule has 4 rings (SSSR count). The number of piperidine rings is 1. The maximum absolute atomic E-state index is 12.3. The van der Waals surface area contributed by atoms with E-state index in [2.05, 4.69) is 37.3 Å². The minimum atomic E-state index is 0.176. The molecule has 2 bridgehead atoms. The van der Waals surface area contributed by atoms with Crippen molar-refractivity contribution in [1.29, 1.82) is 0 Å². The molecule has 2 aliphatic carbocycles. The average molecular weight is 255 g/mol. The molecule has 4 atom stereocenters. The highest BCUT2D eigenvalue weighted by atomic mass is 16.5. The Hall–Kier alpha value is -1.12. The van der Waals surface area contributed by atoms with Crippen molar-refractivity contribution in [3.05, 3.63) is 52.2 Å². The smallest absolute Gasteiger partial charge is 0.0953 e. The molecule has 0 spiro atoms. The van der Waals surface area contributed by atoms with E-state index in [0.29, 0.717) is 11.0 Å². The van der Waals surface area contributed by atoms with E-state index in [-0.39, 0.29) is 11.5 Å². The van der Waals surface area contributed by atoms with Crippen LogP contribution in [-0.2, 0) is 11.8 Å². The van der Waals surface area contributed by atoms with E-state index in [1.807, 2.05) is 0 Å². The summed E-state index contributed by atoms with van der Waals surface area (Å²) < 4.78 is 0. The lowest BCUT2D eigenvalue weighted by atomic mass is 9.54. The fraction of sp³-hybridized carbons (Fsp3) is 0.529. The Morgan fingerprint density at radius 2 is 2.26 bits per heavy atom. The van der Waals surface area contributed by atoms with Crippen LogP contribution in [0.15, 0.2) is 30.4 Å². The zero-order valence-corrected chi connectivity index (χ0v) is 11.5. The quantitative estimate of drug-likeness (QED) is 0.556. The Labute approximate surface area is 114 Å². The number of quaternary nitrogens is 1. The lowest BCUT2D eigenvalue weighted by Crippen LogP contribution is -3.15. The number of fused-ring (bicyclic) bond motifs is 1. The summed E-state index contributed by atoms with van der Waals surface area (Å²) in [5.74, 6) is 0.562. The largest absolute Gasteiger partial charge is 0.634 e. The minimum Gasteiger partial charge on any atom is -0.634 e. The van der Waals surface area contributed by atoms with Gasteiger partial charge in [-0.15, -0.1) is 0 Å². The molecule has 0 aromatic heterocycles. The van der Waals surface area contributed by atoms with Crippen LogP contribution in [0.25, 0.3) is 0 Å². The third-order valence-corrected chi connectivity index (χ3v) is 5.67. The number of nitrogens with one attached hydrogen (secondary N) is 1. The van der Waals surface area contributed by atoms with E-state index >= 15 is 0 Å². The van der Waals surface area contributed by atoms with Gasteiger partial charge in [-0.05, 0) is 36.5 Å². The SMILES string of the molecule is Cc1cccc2c1[C@@]13C=CCC[C@H]1[C@@H](C2)[NH+]([O-])CC3. The molecule has 0 radical (unpaired) electrons. The molecule has 1 fully saturated rings. The Kier molecular flexibility index (Phi) is 2.42. The van der Waals surface area contributed by atoms with Gasteiger partial charge in [-0.25, -0.2) is 0 Å². The molecular weight excluding hydrogens is 234 g/mol. The Balaban J connectivity index is 1.98. The molecule has 2 heteroatoms. The monoisotopic (exact) mass is 255 g/mol. The molecule has 1 N–H and O–H groups in total. The summed E-state index contributed by atoms with van der Waals surface area (Å²) >= 11 is 0. The Morgan fingerprint density at radius 3 is 3.16 bits per heavy atom. The van der Waals surface area contributed by atoms with Gasteiger partial charge in [0.05, 0.1) is 12.6 Å². The van der Waals surface area contributed by atoms with Crippen molar-refractivity contribution in [2.45, 2.75) is 44.1 Å². The van der Waals surface area contributed by atoms with Gasteiger partial charge in [0.25, 0.3) is 0 Å². The van der Waals surface area contributed by atoms with Crippen LogP contribution in [0.2, 0.25) is 0 Å². The van der Waals surface area contributed by atoms with Crippen molar-refractivity contribution >= 4 is 0 Å². The summed E-state index contributed by atoms with van der Waals surface area (Å²) in [5.41, 5.74) is 4.58. The lowest BCUT2D eigenvalue weighted by molar-refractivity contribution is -0.889. The van der Waals surface area contributed by atoms with Gasteiger partial charge in [-0.1, -0.05) is 30.4 Å². The number of allylic oxidation sites excluding steroid dienone is 2. The van der Waals surface area contributed by atoms with E-state index in [4.69, 9.17) is 0 Å². The summed E-state index contributed by atoms with van der Waals surface area (Å²) in [5, 5.41) is 12.8. The molecule has 0 saturated carbocycles. The molecular formula is C17H21NO. The van der Waals surface area contributed by atoms with Gasteiger partial charge >= 0.3 is 0 Å². The number of hydroxylamine groups is 2. The predicted molar refractivity (Wildman–Crippen MR) is 76.0 cm³/mol. The second kappa shape index (κ2) is 3.94. The van der Waals surface area contributed by atoms with Gasteiger partial charge in [0, 0.05) is 24.2 Å². The highest BCUT2D eigenvalue weighted by molar-refractivity contribution is 5.48. The molecule has 0 amide bonds. The predicted octanol–water partition coefficient (Wildman–Crippen LogP) is 1.91. The highest BCUT2D eigenvalue weighted by Crippen LogP contribution is 2.51. The van der Waals surface area contributed by atoms with Crippen LogP contribution in [0.5, 0.6) is 0 Å². The molecule has 19 heavy (non-hydrogen) atoms. The fourth-order valence-corrected chi connectivity index (χ4v) is 4.97. The van der Waals surface area contributed by atoms with Crippen LogP contribution < -0.4 is 5.06 Å². The van der Waals surface area contributed by atoms with Gasteiger partial charge in [0.1, 0.15) is 0 Å². The zero-order chi connectivity index (χ0) is 13.0. The maximum Gasteiger partial charge on any atom is 0.0953 e. The van der Waals surface area contributed by atoms with Crippen LogP contribution in [0.4, 0.5) is 0 Å². The molecule has 100 valence electrons. The Morgan fingerprint density at radius 1 is 1.37 bits per heavy atom. The average Bonchev–Trinajstić information content (AvgIpc) is 2.43. The van der Waals surface area contributed by atoms with E-state index in [1.165, 1.54) is 17.5 Å². The molecule has 2 nitrogen and oxygen atoms in total. The lowest BCUT2D eigenvalue weighted by Gasteiger charge is -2.56. The fourth-order valence-electron chi connectivity index (χ4n) is 4.97. The first-order chi connectivity index (χ1) is 9.22. The van der Waals surface area contributed by atoms with Crippen molar-refractivity contribution in [3.63, 3.8) is 0 Å². The highest BCUT2D eigenvalue weighted by Gasteiger charge is 2.53. The van der Waals surface area contributed by atoms with Gasteiger partial charge in [-0.2, -0.15) is 0 Å². The second-order valence-electron chi connectivity index (χ2n) is 6.51. The van der Waals surface area contributed by atoms with Crippen LogP contribution in [0.3, 0.4) is 0 Å². The van der Waals surface area contributed by atoms with Crippen molar-refractivity contribution in [2.75, 3.05) is 6.54 Å². The molecule has 1 aliphatic heterocycles. The topological polar surface area (TPSA) is 27.5 Å². The van der Waals surface area contributed by atoms with E-state index in [9.17, 15) is 5.21 Å². The van der Waals surface area contributed by atoms with Gasteiger partial charge in [-0.3, -0.25) is 0 Å². The number of hydrogen-bond acceptors (Lipinski definition) is 1. The van der Waals surface area contributed by atoms with Gasteiger partial charge in [0.2, 0.25) is 0 Å². The molecule has 3 aliphatic rings. The zero-order valence-electron chi connectivity index (χ0n) is 11.5. The standard InChI is InChI=1S/C17H21NO/c1-12-5-4-6-13-11-15-14-7-2-3-8-17(14,16(12)13)9-10-18(15)19/h3-6,8,14-15,18H,2,7,9-11H2,1H3/t14-,15+,17+/m0/s1. The van der Waals surface area contributed by atoms with Crippen molar-refractivity contribution in [3.8, 4) is 0 Å². The number of benzene rings is 1.